The number of nitrogens with one attached hydrogen (secondary N) is 1. The standard InChI is InChI=1S/C15H12N4/c16-10-15(11-17)13-8-4-5-9-19(13)18-14(15)12-6-2-1-3-7-12/h1-9,13-14,18H. The molecule has 2 heterocycles. The van der Waals surface area contributed by atoms with Gasteiger partial charge in [-0.15, -0.1) is 0 Å². The van der Waals surface area contributed by atoms with E-state index < -0.39 is 5.41 Å². The number of hydrogen-bond acceptors (Lipinski definition) is 4. The molecule has 0 amide bonds. The summed E-state index contributed by atoms with van der Waals surface area (Å²) in [5.41, 5.74) is 3.08. The van der Waals surface area contributed by atoms with Crippen LogP contribution in [0.15, 0.2) is 54.8 Å². The van der Waals surface area contributed by atoms with Crippen molar-refractivity contribution in [2.75, 3.05) is 0 Å². The van der Waals surface area contributed by atoms with E-state index in [9.17, 15) is 10.5 Å². The second kappa shape index (κ2) is 4.28. The summed E-state index contributed by atoms with van der Waals surface area (Å²) in [4.78, 5) is 0. The number of hydrazine groups is 1. The van der Waals surface area contributed by atoms with Gasteiger partial charge in [0.1, 0.15) is 0 Å². The molecule has 2 atom stereocenters. The van der Waals surface area contributed by atoms with Gasteiger partial charge in [0, 0.05) is 6.20 Å². The minimum absolute atomic E-state index is 0.266. The van der Waals surface area contributed by atoms with E-state index in [-0.39, 0.29) is 12.1 Å². The van der Waals surface area contributed by atoms with E-state index in [1.807, 2.05) is 59.8 Å². The molecule has 3 rings (SSSR count). The first-order valence-electron chi connectivity index (χ1n) is 6.09. The fourth-order valence-electron chi connectivity index (χ4n) is 2.68. The van der Waals surface area contributed by atoms with E-state index >= 15 is 0 Å². The van der Waals surface area contributed by atoms with Crippen LogP contribution in [0.25, 0.3) is 0 Å². The predicted molar refractivity (Wildman–Crippen MR) is 69.9 cm³/mol. The molecule has 0 radical (unpaired) electrons. The molecule has 4 nitrogen and oxygen atoms in total. The van der Waals surface area contributed by atoms with Crippen LogP contribution in [-0.2, 0) is 0 Å². The molecule has 92 valence electrons. The maximum absolute atomic E-state index is 9.59. The molecule has 1 saturated heterocycles. The summed E-state index contributed by atoms with van der Waals surface area (Å²) < 4.78 is 0. The smallest absolute Gasteiger partial charge is 0.189 e. The van der Waals surface area contributed by atoms with Crippen LogP contribution >= 0.6 is 0 Å². The third kappa shape index (κ3) is 1.55. The first-order valence-corrected chi connectivity index (χ1v) is 6.09. The largest absolute Gasteiger partial charge is 0.305 e. The molecule has 0 bridgehead atoms. The van der Waals surface area contributed by atoms with Crippen molar-refractivity contribution in [1.29, 1.82) is 10.5 Å². The Morgan fingerprint density at radius 1 is 1.11 bits per heavy atom. The number of nitriles is 2. The van der Waals surface area contributed by atoms with Crippen LogP contribution in [0, 0.1) is 28.1 Å². The van der Waals surface area contributed by atoms with Gasteiger partial charge in [-0.05, 0) is 11.6 Å². The summed E-state index contributed by atoms with van der Waals surface area (Å²) in [6.45, 7) is 0. The van der Waals surface area contributed by atoms with E-state index in [2.05, 4.69) is 17.6 Å². The van der Waals surface area contributed by atoms with E-state index in [0.717, 1.165) is 5.56 Å². The van der Waals surface area contributed by atoms with E-state index in [0.29, 0.717) is 0 Å². The van der Waals surface area contributed by atoms with Gasteiger partial charge in [0.2, 0.25) is 0 Å². The Labute approximate surface area is 111 Å². The average Bonchev–Trinajstić information content (AvgIpc) is 2.83. The molecule has 1 aromatic rings. The molecule has 2 aliphatic heterocycles. The molecule has 4 heteroatoms. The first kappa shape index (κ1) is 11.5. The highest BCUT2D eigenvalue weighted by Gasteiger charge is 2.55. The second-order valence-electron chi connectivity index (χ2n) is 4.64. The first-order chi connectivity index (χ1) is 9.31. The molecule has 2 aliphatic rings. The number of hydrogen-bond donors (Lipinski definition) is 1. The van der Waals surface area contributed by atoms with Gasteiger partial charge in [0.15, 0.2) is 5.41 Å². The molecule has 2 unspecified atom stereocenters. The van der Waals surface area contributed by atoms with Crippen LogP contribution in [0.5, 0.6) is 0 Å². The van der Waals surface area contributed by atoms with E-state index in [4.69, 9.17) is 0 Å². The lowest BCUT2D eigenvalue weighted by molar-refractivity contribution is 0.283. The normalized spacial score (nSPS) is 26.5. The summed E-state index contributed by atoms with van der Waals surface area (Å²) in [5, 5.41) is 21.0. The van der Waals surface area contributed by atoms with Gasteiger partial charge in [-0.25, -0.2) is 5.43 Å². The number of fused-ring (bicyclic) bond motifs is 1. The third-order valence-corrected chi connectivity index (χ3v) is 3.65. The highest BCUT2D eigenvalue weighted by atomic mass is 15.6. The Morgan fingerprint density at radius 3 is 2.53 bits per heavy atom. The average molecular weight is 248 g/mol. The van der Waals surface area contributed by atoms with Crippen molar-refractivity contribution < 1.29 is 0 Å². The van der Waals surface area contributed by atoms with Crippen LogP contribution in [-0.4, -0.2) is 11.1 Å². The van der Waals surface area contributed by atoms with Crippen LogP contribution in [0.2, 0.25) is 0 Å². The zero-order valence-electron chi connectivity index (χ0n) is 10.2. The van der Waals surface area contributed by atoms with Gasteiger partial charge >= 0.3 is 0 Å². The molecule has 1 fully saturated rings. The number of benzene rings is 1. The molecular formula is C15H12N4. The molecule has 0 spiro atoms. The summed E-state index contributed by atoms with van der Waals surface area (Å²) in [6, 6.07) is 13.5. The lowest BCUT2D eigenvalue weighted by Crippen LogP contribution is -2.37. The zero-order chi connectivity index (χ0) is 13.3. The Hall–Kier alpha value is -2.56. The van der Waals surface area contributed by atoms with Crippen LogP contribution < -0.4 is 5.43 Å². The molecule has 19 heavy (non-hydrogen) atoms. The Kier molecular flexibility index (Phi) is 2.59. The zero-order valence-corrected chi connectivity index (χ0v) is 10.2. The lowest BCUT2D eigenvalue weighted by Gasteiger charge is -2.26. The van der Waals surface area contributed by atoms with Crippen molar-refractivity contribution in [3.8, 4) is 12.1 Å². The SMILES string of the molecule is N#CC1(C#N)C(c2ccccc2)NN2C=CC=CC21. The summed E-state index contributed by atoms with van der Waals surface area (Å²) in [5.74, 6) is 0. The molecule has 0 aromatic heterocycles. The van der Waals surface area contributed by atoms with Crippen molar-refractivity contribution >= 4 is 0 Å². The Balaban J connectivity index is 2.11. The van der Waals surface area contributed by atoms with Crippen molar-refractivity contribution in [3.63, 3.8) is 0 Å². The molecule has 0 saturated carbocycles. The minimum atomic E-state index is -1.12. The van der Waals surface area contributed by atoms with E-state index in [1.54, 1.807) is 0 Å². The van der Waals surface area contributed by atoms with Crippen LogP contribution in [0.1, 0.15) is 11.6 Å². The van der Waals surface area contributed by atoms with Crippen molar-refractivity contribution in [2.45, 2.75) is 12.1 Å². The lowest BCUT2D eigenvalue weighted by atomic mass is 9.75. The molecule has 1 N–H and O–H groups in total. The van der Waals surface area contributed by atoms with Gasteiger partial charge < -0.3 is 5.01 Å². The number of rotatable bonds is 1. The van der Waals surface area contributed by atoms with Crippen LogP contribution in [0.3, 0.4) is 0 Å². The summed E-state index contributed by atoms with van der Waals surface area (Å²) in [6.07, 6.45) is 7.51. The van der Waals surface area contributed by atoms with E-state index in [1.165, 1.54) is 0 Å². The molecular weight excluding hydrogens is 236 g/mol. The van der Waals surface area contributed by atoms with Crippen LogP contribution in [0.4, 0.5) is 0 Å². The third-order valence-electron chi connectivity index (χ3n) is 3.65. The predicted octanol–water partition coefficient (Wildman–Crippen LogP) is 2.03. The highest BCUT2D eigenvalue weighted by molar-refractivity contribution is 5.39. The van der Waals surface area contributed by atoms with Crippen molar-refractivity contribution in [3.05, 3.63) is 60.3 Å². The monoisotopic (exact) mass is 248 g/mol. The summed E-state index contributed by atoms with van der Waals surface area (Å²) in [7, 11) is 0. The van der Waals surface area contributed by atoms with Gasteiger partial charge in [-0.3, -0.25) is 0 Å². The van der Waals surface area contributed by atoms with Gasteiger partial charge in [-0.1, -0.05) is 42.5 Å². The second-order valence-corrected chi connectivity index (χ2v) is 4.64. The number of nitrogens with zero attached hydrogens (tertiary/aromatic N) is 3. The fraction of sp³-hybridized carbons (Fsp3) is 0.200. The maximum Gasteiger partial charge on any atom is 0.189 e. The molecule has 0 aliphatic carbocycles. The fourth-order valence-corrected chi connectivity index (χ4v) is 2.68. The Morgan fingerprint density at radius 2 is 1.84 bits per heavy atom. The van der Waals surface area contributed by atoms with Gasteiger partial charge in [0.05, 0.1) is 24.2 Å². The van der Waals surface area contributed by atoms with Crippen molar-refractivity contribution in [2.24, 2.45) is 5.41 Å². The van der Waals surface area contributed by atoms with Crippen molar-refractivity contribution in [1.82, 2.24) is 10.4 Å². The quantitative estimate of drug-likeness (QED) is 0.826. The maximum atomic E-state index is 9.59. The van der Waals surface area contributed by atoms with Gasteiger partial charge in [0.25, 0.3) is 0 Å². The number of allylic oxidation sites excluding steroid dienone is 2. The highest BCUT2D eigenvalue weighted by Crippen LogP contribution is 2.45. The minimum Gasteiger partial charge on any atom is -0.305 e. The summed E-state index contributed by atoms with van der Waals surface area (Å²) >= 11 is 0. The van der Waals surface area contributed by atoms with Gasteiger partial charge in [-0.2, -0.15) is 10.5 Å². The molecule has 1 aromatic carbocycles. The Bertz CT molecular complexity index is 604. The topological polar surface area (TPSA) is 62.9 Å².